The van der Waals surface area contributed by atoms with Gasteiger partial charge in [-0.2, -0.15) is 0 Å². The average Bonchev–Trinajstić information content (AvgIpc) is 2.87. The molecule has 3 nitrogen and oxygen atoms in total. The van der Waals surface area contributed by atoms with Crippen LogP contribution in [-0.4, -0.2) is 24.2 Å². The smallest absolute Gasteiger partial charge is 0.170 e. The van der Waals surface area contributed by atoms with E-state index in [1.54, 1.807) is 0 Å². The summed E-state index contributed by atoms with van der Waals surface area (Å²) in [4.78, 5) is 2.49. The second-order valence-corrected chi connectivity index (χ2v) is 6.96. The van der Waals surface area contributed by atoms with Crippen LogP contribution in [0.15, 0.2) is 48.5 Å². The van der Waals surface area contributed by atoms with E-state index in [4.69, 9.17) is 23.8 Å². The van der Waals surface area contributed by atoms with E-state index in [9.17, 15) is 0 Å². The molecule has 1 aliphatic heterocycles. The van der Waals surface area contributed by atoms with Crippen LogP contribution in [0.4, 0.5) is 11.4 Å². The third-order valence-corrected chi connectivity index (χ3v) is 4.77. The van der Waals surface area contributed by atoms with Crippen LogP contribution in [0, 0.1) is 0 Å². The van der Waals surface area contributed by atoms with Crippen LogP contribution in [0.2, 0.25) is 5.02 Å². The van der Waals surface area contributed by atoms with E-state index in [1.807, 2.05) is 24.3 Å². The van der Waals surface area contributed by atoms with Gasteiger partial charge in [0.1, 0.15) is 0 Å². The highest BCUT2D eigenvalue weighted by molar-refractivity contribution is 7.80. The Labute approximate surface area is 154 Å². The molecule has 0 spiro atoms. The molecule has 0 bridgehead atoms. The van der Waals surface area contributed by atoms with Crippen molar-refractivity contribution in [1.82, 2.24) is 5.32 Å². The molecule has 0 radical (unpaired) electrons. The third kappa shape index (κ3) is 4.19. The van der Waals surface area contributed by atoms with Crippen molar-refractivity contribution in [2.45, 2.75) is 25.8 Å². The number of fused-ring (bicyclic) bond motifs is 1. The molecule has 0 saturated heterocycles. The molecule has 0 aromatic heterocycles. The summed E-state index contributed by atoms with van der Waals surface area (Å²) in [7, 11) is 0. The van der Waals surface area contributed by atoms with E-state index in [0.717, 1.165) is 31.6 Å². The number of hydrogen-bond donors (Lipinski definition) is 2. The Bertz CT molecular complexity index is 719. The van der Waals surface area contributed by atoms with E-state index in [2.05, 4.69) is 46.7 Å². The maximum absolute atomic E-state index is 5.97. The minimum Gasteiger partial charge on any atom is -0.368 e. The molecule has 2 aromatic carbocycles. The Kier molecular flexibility index (Phi) is 5.59. The van der Waals surface area contributed by atoms with Crippen molar-refractivity contribution < 1.29 is 0 Å². The second kappa shape index (κ2) is 7.86. The molecule has 5 heteroatoms. The number of benzene rings is 2. The topological polar surface area (TPSA) is 27.3 Å². The molecule has 126 valence electrons. The van der Waals surface area contributed by atoms with E-state index >= 15 is 0 Å². The predicted molar refractivity (Wildman–Crippen MR) is 107 cm³/mol. The van der Waals surface area contributed by atoms with Crippen LogP contribution < -0.4 is 15.5 Å². The molecule has 0 fully saturated rings. The average molecular weight is 360 g/mol. The van der Waals surface area contributed by atoms with Gasteiger partial charge in [0.15, 0.2) is 5.11 Å². The fourth-order valence-corrected chi connectivity index (χ4v) is 3.57. The molecule has 0 aliphatic carbocycles. The Morgan fingerprint density at radius 2 is 2.08 bits per heavy atom. The maximum atomic E-state index is 5.97. The molecule has 1 atom stereocenters. The number of thiocarbonyl (C=S) groups is 1. The number of nitrogens with one attached hydrogen (secondary N) is 2. The van der Waals surface area contributed by atoms with Gasteiger partial charge in [-0.15, -0.1) is 0 Å². The van der Waals surface area contributed by atoms with Gasteiger partial charge in [0.25, 0.3) is 0 Å². The van der Waals surface area contributed by atoms with Gasteiger partial charge >= 0.3 is 0 Å². The summed E-state index contributed by atoms with van der Waals surface area (Å²) in [6, 6.07) is 16.8. The number of rotatable bonds is 5. The minimum absolute atomic E-state index is 0.568. The Morgan fingerprint density at radius 3 is 2.92 bits per heavy atom. The molecular formula is C19H22ClN3S. The highest BCUT2D eigenvalue weighted by Crippen LogP contribution is 2.31. The summed E-state index contributed by atoms with van der Waals surface area (Å²) in [5, 5.41) is 7.75. The Balaban J connectivity index is 1.43. The van der Waals surface area contributed by atoms with Crippen LogP contribution in [0.1, 0.15) is 18.9 Å². The molecule has 0 unspecified atom stereocenters. The molecule has 2 N–H and O–H groups in total. The first-order chi connectivity index (χ1) is 11.6. The van der Waals surface area contributed by atoms with Gasteiger partial charge in [-0.1, -0.05) is 35.9 Å². The zero-order valence-electron chi connectivity index (χ0n) is 13.8. The summed E-state index contributed by atoms with van der Waals surface area (Å²) < 4.78 is 0. The Morgan fingerprint density at radius 1 is 1.25 bits per heavy atom. The van der Waals surface area contributed by atoms with E-state index in [-0.39, 0.29) is 0 Å². The largest absolute Gasteiger partial charge is 0.368 e. The number of nitrogens with zero attached hydrogens (tertiary/aromatic N) is 1. The highest BCUT2D eigenvalue weighted by Gasteiger charge is 2.24. The number of hydrogen-bond acceptors (Lipinski definition) is 2. The van der Waals surface area contributed by atoms with E-state index < -0.39 is 0 Å². The van der Waals surface area contributed by atoms with Gasteiger partial charge in [0.05, 0.1) is 0 Å². The molecular weight excluding hydrogens is 338 g/mol. The lowest BCUT2D eigenvalue weighted by atomic mass is 10.1. The molecule has 2 aromatic rings. The first-order valence-corrected chi connectivity index (χ1v) is 9.07. The first-order valence-electron chi connectivity index (χ1n) is 8.28. The van der Waals surface area contributed by atoms with Crippen molar-refractivity contribution in [2.24, 2.45) is 0 Å². The monoisotopic (exact) mass is 359 g/mol. The van der Waals surface area contributed by atoms with Crippen LogP contribution in [-0.2, 0) is 6.42 Å². The van der Waals surface area contributed by atoms with Crippen LogP contribution in [0.25, 0.3) is 0 Å². The van der Waals surface area contributed by atoms with Crippen molar-refractivity contribution in [3.05, 3.63) is 59.1 Å². The summed E-state index contributed by atoms with van der Waals surface area (Å²) in [5.74, 6) is 0. The van der Waals surface area contributed by atoms with Crippen LogP contribution >= 0.6 is 23.8 Å². The van der Waals surface area contributed by atoms with Gasteiger partial charge < -0.3 is 15.5 Å². The van der Waals surface area contributed by atoms with Gasteiger partial charge in [0, 0.05) is 35.5 Å². The zero-order chi connectivity index (χ0) is 16.9. The van der Waals surface area contributed by atoms with Crippen LogP contribution in [0.5, 0.6) is 0 Å². The lowest BCUT2D eigenvalue weighted by Crippen LogP contribution is -2.34. The number of halogens is 1. The predicted octanol–water partition coefficient (Wildman–Crippen LogP) is 4.47. The highest BCUT2D eigenvalue weighted by atomic mass is 35.5. The van der Waals surface area contributed by atoms with Crippen molar-refractivity contribution >= 4 is 40.3 Å². The van der Waals surface area contributed by atoms with Crippen molar-refractivity contribution in [3.63, 3.8) is 0 Å². The lowest BCUT2D eigenvalue weighted by molar-refractivity contribution is 0.641. The molecule has 24 heavy (non-hydrogen) atoms. The van der Waals surface area contributed by atoms with Gasteiger partial charge in [-0.05, 0) is 61.8 Å². The van der Waals surface area contributed by atoms with E-state index in [0.29, 0.717) is 16.2 Å². The standard InChI is InChI=1S/C19H22ClN3S/c1-14-12-15-6-2-3-9-18(15)23(14)11-5-10-21-19(24)22-17-8-4-7-16(20)13-17/h2-4,6-9,13-14H,5,10-12H2,1H3,(H2,21,22,24)/t14-/m0/s1. The lowest BCUT2D eigenvalue weighted by Gasteiger charge is -2.25. The van der Waals surface area contributed by atoms with Gasteiger partial charge in [-0.3, -0.25) is 0 Å². The normalized spacial score (nSPS) is 15.9. The number of para-hydroxylation sites is 1. The van der Waals surface area contributed by atoms with Crippen molar-refractivity contribution in [2.75, 3.05) is 23.3 Å². The fraction of sp³-hybridized carbons (Fsp3) is 0.316. The first kappa shape index (κ1) is 17.1. The van der Waals surface area contributed by atoms with Crippen LogP contribution in [0.3, 0.4) is 0 Å². The molecule has 0 amide bonds. The Hall–Kier alpha value is -1.78. The molecule has 3 rings (SSSR count). The second-order valence-electron chi connectivity index (χ2n) is 6.12. The third-order valence-electron chi connectivity index (χ3n) is 4.29. The molecule has 1 heterocycles. The summed E-state index contributed by atoms with van der Waals surface area (Å²) >= 11 is 11.3. The van der Waals surface area contributed by atoms with Gasteiger partial charge in [-0.25, -0.2) is 0 Å². The van der Waals surface area contributed by atoms with Gasteiger partial charge in [0.2, 0.25) is 0 Å². The fourth-order valence-electron chi connectivity index (χ4n) is 3.16. The maximum Gasteiger partial charge on any atom is 0.170 e. The molecule has 1 aliphatic rings. The quantitative estimate of drug-likeness (QED) is 0.608. The summed E-state index contributed by atoms with van der Waals surface area (Å²) in [6.07, 6.45) is 2.17. The minimum atomic E-state index is 0.568. The SMILES string of the molecule is C[C@H]1Cc2ccccc2N1CCCNC(=S)Nc1cccc(Cl)c1. The summed E-state index contributed by atoms with van der Waals surface area (Å²) in [5.41, 5.74) is 3.74. The van der Waals surface area contributed by atoms with E-state index in [1.165, 1.54) is 11.3 Å². The zero-order valence-corrected chi connectivity index (χ0v) is 15.3. The van der Waals surface area contributed by atoms with Crippen molar-refractivity contribution in [1.29, 1.82) is 0 Å². The van der Waals surface area contributed by atoms with Crippen molar-refractivity contribution in [3.8, 4) is 0 Å². The molecule has 0 saturated carbocycles. The number of anilines is 2. The summed E-state index contributed by atoms with van der Waals surface area (Å²) in [6.45, 7) is 4.17.